The van der Waals surface area contributed by atoms with Crippen molar-refractivity contribution in [3.63, 3.8) is 0 Å². The van der Waals surface area contributed by atoms with Gasteiger partial charge in [-0.15, -0.1) is 5.76 Å². The fourth-order valence-corrected chi connectivity index (χ4v) is 1.85. The summed E-state index contributed by atoms with van der Waals surface area (Å²) < 4.78 is 0. The topological polar surface area (TPSA) is 23.1 Å². The molecule has 68 valence electrons. The molecule has 14 heavy (non-hydrogen) atoms. The van der Waals surface area contributed by atoms with Crippen LogP contribution in [-0.4, -0.2) is 0 Å². The van der Waals surface area contributed by atoms with Crippen LogP contribution in [0.2, 0.25) is 0 Å². The van der Waals surface area contributed by atoms with Gasteiger partial charge in [0.2, 0.25) is 0 Å². The molecule has 0 radical (unpaired) electrons. The summed E-state index contributed by atoms with van der Waals surface area (Å²) in [5.41, 5.74) is 1.27. The minimum atomic E-state index is 0. The molecular weight excluding hydrogens is 199 g/mol. The van der Waals surface area contributed by atoms with E-state index in [-0.39, 0.29) is 51.4 Å². The van der Waals surface area contributed by atoms with Crippen LogP contribution in [0.25, 0.3) is 0 Å². The first kappa shape index (κ1) is 12.5. The second-order valence-electron chi connectivity index (χ2n) is 3.54. The average Bonchev–Trinajstić information content (AvgIpc) is 2.19. The first-order valence-corrected chi connectivity index (χ1v) is 4.79. The normalized spacial score (nSPS) is 20.9. The van der Waals surface area contributed by atoms with Crippen LogP contribution in [0.3, 0.4) is 0 Å². The molecule has 0 heterocycles. The Hall–Kier alpha value is 0.396. The maximum atomic E-state index is 11.2. The van der Waals surface area contributed by atoms with Crippen LogP contribution in [0.1, 0.15) is 30.7 Å². The van der Waals surface area contributed by atoms with Crippen molar-refractivity contribution in [2.45, 2.75) is 25.2 Å². The van der Waals surface area contributed by atoms with E-state index in [1.807, 2.05) is 24.3 Å². The van der Waals surface area contributed by atoms with Gasteiger partial charge in [0, 0.05) is 5.92 Å². The van der Waals surface area contributed by atoms with Gasteiger partial charge in [0.15, 0.2) is 0 Å². The number of rotatable bonds is 1. The summed E-state index contributed by atoms with van der Waals surface area (Å²) in [6.07, 6.45) is 4.77. The second-order valence-corrected chi connectivity index (χ2v) is 3.54. The summed E-state index contributed by atoms with van der Waals surface area (Å²) in [4.78, 5) is 0. The number of hydrogen-bond acceptors (Lipinski definition) is 1. The Morgan fingerprint density at radius 1 is 1.14 bits per heavy atom. The third-order valence-corrected chi connectivity index (χ3v) is 2.55. The molecule has 0 N–H and O–H groups in total. The van der Waals surface area contributed by atoms with E-state index < -0.39 is 0 Å². The van der Waals surface area contributed by atoms with Crippen LogP contribution >= 0.6 is 0 Å². The minimum Gasteiger partial charge on any atom is -0.876 e. The van der Waals surface area contributed by atoms with E-state index in [0.29, 0.717) is 11.7 Å². The molecule has 0 saturated heterocycles. The summed E-state index contributed by atoms with van der Waals surface area (Å²) in [6.45, 7) is 0. The van der Waals surface area contributed by atoms with Crippen molar-refractivity contribution in [2.75, 3.05) is 0 Å². The molecular formula is C12H13KO. The molecule has 0 aromatic heterocycles. The van der Waals surface area contributed by atoms with E-state index >= 15 is 0 Å². The maximum Gasteiger partial charge on any atom is 1.00 e. The van der Waals surface area contributed by atoms with Crippen LogP contribution < -0.4 is 56.5 Å². The summed E-state index contributed by atoms with van der Waals surface area (Å²) >= 11 is 0. The standard InChI is InChI=1S/C12H14O.K/c13-12-8-4-7-11(9-12)10-5-2-1-3-6-10;/h1-3,5-6,9,11,13H,4,7-8H2;/q;+1/p-1/t11-;/m1./s1. The third kappa shape index (κ3) is 3.21. The monoisotopic (exact) mass is 212 g/mol. The number of allylic oxidation sites excluding steroid dienone is 2. The number of benzene rings is 1. The van der Waals surface area contributed by atoms with Crippen LogP contribution in [0, 0.1) is 0 Å². The Kier molecular flexibility index (Phi) is 5.42. The third-order valence-electron chi connectivity index (χ3n) is 2.55. The summed E-state index contributed by atoms with van der Waals surface area (Å²) in [5, 5.41) is 11.2. The van der Waals surface area contributed by atoms with E-state index in [9.17, 15) is 5.11 Å². The Bertz CT molecular complexity index is 305. The van der Waals surface area contributed by atoms with Gasteiger partial charge in [0.1, 0.15) is 0 Å². The van der Waals surface area contributed by atoms with Crippen molar-refractivity contribution in [3.8, 4) is 0 Å². The van der Waals surface area contributed by atoms with Crippen molar-refractivity contribution in [1.29, 1.82) is 0 Å². The zero-order chi connectivity index (χ0) is 9.10. The quantitative estimate of drug-likeness (QED) is 0.559. The molecule has 2 rings (SSSR count). The van der Waals surface area contributed by atoms with Crippen molar-refractivity contribution >= 4 is 0 Å². The largest absolute Gasteiger partial charge is 1.00 e. The van der Waals surface area contributed by atoms with Gasteiger partial charge in [-0.05, 0) is 24.8 Å². The molecule has 0 bridgehead atoms. The SMILES string of the molecule is [K+].[O-]C1=C[C@H](c2ccccc2)CCC1. The molecule has 0 unspecified atom stereocenters. The van der Waals surface area contributed by atoms with Crippen LogP contribution in [0.4, 0.5) is 0 Å². The van der Waals surface area contributed by atoms with E-state index in [2.05, 4.69) is 12.1 Å². The van der Waals surface area contributed by atoms with Gasteiger partial charge >= 0.3 is 51.4 Å². The molecule has 1 atom stereocenters. The van der Waals surface area contributed by atoms with Gasteiger partial charge in [-0.1, -0.05) is 36.4 Å². The van der Waals surface area contributed by atoms with Gasteiger partial charge in [-0.2, -0.15) is 0 Å². The average molecular weight is 212 g/mol. The Morgan fingerprint density at radius 3 is 2.50 bits per heavy atom. The van der Waals surface area contributed by atoms with E-state index in [1.54, 1.807) is 0 Å². The molecule has 1 nitrogen and oxygen atoms in total. The van der Waals surface area contributed by atoms with Gasteiger partial charge in [-0.25, -0.2) is 0 Å². The van der Waals surface area contributed by atoms with E-state index in [1.165, 1.54) is 5.56 Å². The second kappa shape index (κ2) is 6.08. The molecule has 1 aliphatic carbocycles. The first-order valence-electron chi connectivity index (χ1n) is 4.79. The molecule has 0 saturated carbocycles. The minimum absolute atomic E-state index is 0. The maximum absolute atomic E-state index is 11.2. The van der Waals surface area contributed by atoms with Gasteiger partial charge in [0.05, 0.1) is 0 Å². The van der Waals surface area contributed by atoms with Crippen LogP contribution in [0.5, 0.6) is 0 Å². The van der Waals surface area contributed by atoms with Gasteiger partial charge in [-0.3, -0.25) is 0 Å². The molecule has 1 aliphatic rings. The molecule has 2 heteroatoms. The van der Waals surface area contributed by atoms with Crippen molar-refractivity contribution < 1.29 is 56.5 Å². The van der Waals surface area contributed by atoms with Crippen molar-refractivity contribution in [2.24, 2.45) is 0 Å². The predicted octanol–water partition coefficient (Wildman–Crippen LogP) is -0.798. The fourth-order valence-electron chi connectivity index (χ4n) is 1.85. The number of hydrogen-bond donors (Lipinski definition) is 0. The van der Waals surface area contributed by atoms with Gasteiger partial charge in [0.25, 0.3) is 0 Å². The Labute approximate surface area is 128 Å². The van der Waals surface area contributed by atoms with Crippen molar-refractivity contribution in [1.82, 2.24) is 0 Å². The summed E-state index contributed by atoms with van der Waals surface area (Å²) in [5.74, 6) is 0.669. The molecule has 0 fully saturated rings. The Balaban J connectivity index is 0.000000980. The zero-order valence-electron chi connectivity index (χ0n) is 8.57. The van der Waals surface area contributed by atoms with Crippen LogP contribution in [0.15, 0.2) is 42.2 Å². The summed E-state index contributed by atoms with van der Waals surface area (Å²) in [7, 11) is 0. The smallest absolute Gasteiger partial charge is 0.876 e. The van der Waals surface area contributed by atoms with Crippen LogP contribution in [-0.2, 0) is 0 Å². The van der Waals surface area contributed by atoms with E-state index in [4.69, 9.17) is 0 Å². The zero-order valence-corrected chi connectivity index (χ0v) is 11.7. The van der Waals surface area contributed by atoms with Gasteiger partial charge < -0.3 is 5.11 Å². The van der Waals surface area contributed by atoms with Crippen molar-refractivity contribution in [3.05, 3.63) is 47.7 Å². The molecule has 1 aromatic rings. The predicted molar refractivity (Wildman–Crippen MR) is 51.1 cm³/mol. The Morgan fingerprint density at radius 2 is 1.86 bits per heavy atom. The molecule has 1 aromatic carbocycles. The molecule has 0 spiro atoms. The van der Waals surface area contributed by atoms with E-state index in [0.717, 1.165) is 19.3 Å². The fraction of sp³-hybridized carbons (Fsp3) is 0.333. The molecule has 0 aliphatic heterocycles. The molecule has 0 amide bonds. The first-order chi connectivity index (χ1) is 6.36. The summed E-state index contributed by atoms with van der Waals surface area (Å²) in [6, 6.07) is 10.3.